The lowest BCUT2D eigenvalue weighted by molar-refractivity contribution is 0.298. The van der Waals surface area contributed by atoms with E-state index in [-0.39, 0.29) is 0 Å². The van der Waals surface area contributed by atoms with Crippen LogP contribution in [0.1, 0.15) is 33.4 Å². The maximum absolute atomic E-state index is 5.58. The molecule has 11 heteroatoms. The van der Waals surface area contributed by atoms with Crippen LogP contribution in [0.2, 0.25) is 0 Å². The van der Waals surface area contributed by atoms with Crippen molar-refractivity contribution in [2.24, 2.45) is 30.0 Å². The lowest BCUT2D eigenvalue weighted by Crippen LogP contribution is -2.31. The second-order valence-electron chi connectivity index (χ2n) is 12.0. The topological polar surface area (TPSA) is 108 Å². The van der Waals surface area contributed by atoms with Crippen molar-refractivity contribution < 1.29 is 14.2 Å². The maximum Gasteiger partial charge on any atom is 0.120 e. The SMILES string of the molecule is COc1cc2cc(c1)C=NCCN1CCN=Cc3cc(cc(OC)c3)C=NCCN(CCN=C2)CCN=Cc2cc(cc(OC)c2)C=NCC1. The lowest BCUT2D eigenvalue weighted by Gasteiger charge is -2.19. The molecule has 0 aromatic heterocycles. The number of hydrogen-bond donors (Lipinski definition) is 0. The first-order chi connectivity index (χ1) is 24.6. The first-order valence-electron chi connectivity index (χ1n) is 17.1. The zero-order valence-corrected chi connectivity index (χ0v) is 29.4. The molecule has 11 nitrogen and oxygen atoms in total. The molecule has 3 aliphatic heterocycles. The highest BCUT2D eigenvalue weighted by molar-refractivity contribution is 5.89. The van der Waals surface area contributed by atoms with E-state index in [1.54, 1.807) is 21.3 Å². The third-order valence-electron chi connectivity index (χ3n) is 8.27. The van der Waals surface area contributed by atoms with E-state index in [9.17, 15) is 0 Å². The second-order valence-corrected chi connectivity index (χ2v) is 12.0. The molecule has 3 aliphatic rings. The molecular formula is C39H48N8O3. The van der Waals surface area contributed by atoms with Crippen molar-refractivity contribution in [1.29, 1.82) is 0 Å². The van der Waals surface area contributed by atoms with Gasteiger partial charge in [-0.05, 0) is 88.0 Å². The molecule has 0 saturated heterocycles. The van der Waals surface area contributed by atoms with E-state index >= 15 is 0 Å². The summed E-state index contributed by atoms with van der Waals surface area (Å²) in [5.74, 6) is 2.33. The molecule has 3 heterocycles. The smallest absolute Gasteiger partial charge is 0.120 e. The Balaban J connectivity index is 1.47. The molecule has 8 bridgehead atoms. The van der Waals surface area contributed by atoms with Gasteiger partial charge in [-0.15, -0.1) is 0 Å². The van der Waals surface area contributed by atoms with Crippen LogP contribution in [-0.4, -0.2) is 147 Å². The molecule has 0 N–H and O–H groups in total. The average molecular weight is 677 g/mol. The Hall–Kier alpha value is -5.00. The van der Waals surface area contributed by atoms with Gasteiger partial charge in [0.1, 0.15) is 17.2 Å². The van der Waals surface area contributed by atoms with Crippen LogP contribution in [0.4, 0.5) is 0 Å². The summed E-state index contributed by atoms with van der Waals surface area (Å²) in [7, 11) is 5.04. The second kappa shape index (κ2) is 19.9. The van der Waals surface area contributed by atoms with Crippen LogP contribution >= 0.6 is 0 Å². The van der Waals surface area contributed by atoms with Crippen molar-refractivity contribution in [2.75, 3.05) is 99.9 Å². The van der Waals surface area contributed by atoms with Crippen LogP contribution in [-0.2, 0) is 0 Å². The summed E-state index contributed by atoms with van der Waals surface area (Å²) < 4.78 is 16.7. The summed E-state index contributed by atoms with van der Waals surface area (Å²) in [4.78, 5) is 33.4. The van der Waals surface area contributed by atoms with Crippen LogP contribution in [0.5, 0.6) is 17.2 Å². The predicted octanol–water partition coefficient (Wildman–Crippen LogP) is 4.26. The molecule has 50 heavy (non-hydrogen) atoms. The molecule has 0 unspecified atom stereocenters. The Morgan fingerprint density at radius 2 is 0.540 bits per heavy atom. The van der Waals surface area contributed by atoms with Crippen LogP contribution in [0.3, 0.4) is 0 Å². The minimum atomic E-state index is 0.640. The molecule has 3 aromatic rings. The Morgan fingerprint density at radius 3 is 0.720 bits per heavy atom. The molecule has 0 fully saturated rings. The van der Waals surface area contributed by atoms with E-state index in [4.69, 9.17) is 44.2 Å². The van der Waals surface area contributed by atoms with E-state index in [1.165, 1.54) is 0 Å². The fourth-order valence-corrected chi connectivity index (χ4v) is 5.62. The van der Waals surface area contributed by atoms with Crippen LogP contribution in [0.25, 0.3) is 0 Å². The summed E-state index contributed by atoms with van der Waals surface area (Å²) in [6, 6.07) is 18.2. The van der Waals surface area contributed by atoms with E-state index in [0.29, 0.717) is 39.3 Å². The summed E-state index contributed by atoms with van der Waals surface area (Å²) in [6.45, 7) is 8.48. The molecular weight excluding hydrogens is 628 g/mol. The Bertz CT molecular complexity index is 1410. The highest BCUT2D eigenvalue weighted by Crippen LogP contribution is 2.17. The van der Waals surface area contributed by atoms with Crippen LogP contribution in [0, 0.1) is 0 Å². The number of nitrogens with zero attached hydrogens (tertiary/aromatic N) is 8. The van der Waals surface area contributed by atoms with E-state index in [2.05, 4.69) is 28.0 Å². The molecule has 0 aliphatic carbocycles. The van der Waals surface area contributed by atoms with Crippen LogP contribution < -0.4 is 14.2 Å². The van der Waals surface area contributed by atoms with Gasteiger partial charge in [0, 0.05) is 76.6 Å². The predicted molar refractivity (Wildman–Crippen MR) is 207 cm³/mol. The summed E-state index contributed by atoms with van der Waals surface area (Å²) in [6.07, 6.45) is 11.5. The van der Waals surface area contributed by atoms with Gasteiger partial charge in [-0.3, -0.25) is 39.8 Å². The van der Waals surface area contributed by atoms with Crippen molar-refractivity contribution in [3.63, 3.8) is 0 Å². The summed E-state index contributed by atoms with van der Waals surface area (Å²) >= 11 is 0. The van der Waals surface area contributed by atoms with Gasteiger partial charge in [0.2, 0.25) is 0 Å². The van der Waals surface area contributed by atoms with E-state index < -0.39 is 0 Å². The number of fused-ring (bicyclic) bond motifs is 12. The zero-order chi connectivity index (χ0) is 34.8. The number of rotatable bonds is 3. The van der Waals surface area contributed by atoms with Gasteiger partial charge in [0.05, 0.1) is 60.6 Å². The molecule has 262 valence electrons. The monoisotopic (exact) mass is 676 g/mol. The van der Waals surface area contributed by atoms with Crippen molar-refractivity contribution in [1.82, 2.24) is 9.80 Å². The first kappa shape index (κ1) is 36.3. The fraction of sp³-hybridized carbons (Fsp3) is 0.385. The van der Waals surface area contributed by atoms with Gasteiger partial charge >= 0.3 is 0 Å². The summed E-state index contributed by atoms with van der Waals surface area (Å²) in [5, 5.41) is 0. The minimum absolute atomic E-state index is 0.640. The highest BCUT2D eigenvalue weighted by Gasteiger charge is 2.07. The van der Waals surface area contributed by atoms with Crippen molar-refractivity contribution in [3.05, 3.63) is 88.0 Å². The number of benzene rings is 3. The molecule has 6 rings (SSSR count). The van der Waals surface area contributed by atoms with Crippen LogP contribution in [0.15, 0.2) is 84.6 Å². The zero-order valence-electron chi connectivity index (χ0n) is 29.4. The van der Waals surface area contributed by atoms with E-state index in [0.717, 1.165) is 89.9 Å². The van der Waals surface area contributed by atoms with Gasteiger partial charge in [-0.25, -0.2) is 0 Å². The van der Waals surface area contributed by atoms with Gasteiger partial charge in [-0.2, -0.15) is 0 Å². The molecule has 0 radical (unpaired) electrons. The minimum Gasteiger partial charge on any atom is -0.497 e. The van der Waals surface area contributed by atoms with Crippen molar-refractivity contribution in [2.45, 2.75) is 0 Å². The third kappa shape index (κ3) is 12.2. The summed E-state index contributed by atoms with van der Waals surface area (Å²) in [5.41, 5.74) is 5.85. The molecule has 0 spiro atoms. The highest BCUT2D eigenvalue weighted by atomic mass is 16.5. The average Bonchev–Trinajstić information content (AvgIpc) is 3.13. The first-order valence-corrected chi connectivity index (χ1v) is 17.1. The number of methoxy groups -OCH3 is 3. The number of ether oxygens (including phenoxy) is 3. The number of hydrogen-bond acceptors (Lipinski definition) is 11. The van der Waals surface area contributed by atoms with E-state index in [1.807, 2.05) is 73.7 Å². The third-order valence-corrected chi connectivity index (χ3v) is 8.27. The maximum atomic E-state index is 5.58. The Morgan fingerprint density at radius 1 is 0.340 bits per heavy atom. The molecule has 0 atom stereocenters. The largest absolute Gasteiger partial charge is 0.497 e. The Kier molecular flexibility index (Phi) is 14.4. The molecule has 0 saturated carbocycles. The number of aliphatic imine (C=N–C) groups is 6. The van der Waals surface area contributed by atoms with Crippen molar-refractivity contribution in [3.8, 4) is 17.2 Å². The normalized spacial score (nSPS) is 19.3. The quantitative estimate of drug-likeness (QED) is 0.412. The Labute approximate surface area is 295 Å². The lowest BCUT2D eigenvalue weighted by atomic mass is 10.1. The molecule has 3 aromatic carbocycles. The fourth-order valence-electron chi connectivity index (χ4n) is 5.62. The standard InChI is InChI=1S/C39H48N8O3/c1-48-37-19-31-16-32(20-37)26-41-5-11-47-13-7-43-28-34-17-33(21-38(22-34)49-2)27-42-6-12-46(10-4-40-25-31)14-8-44-29-35-18-36(30-45-9-15-47)24-39(23-35)50-3/h16-30H,4-15H2,1-3H3. The van der Waals surface area contributed by atoms with Gasteiger partial charge in [0.25, 0.3) is 0 Å². The van der Waals surface area contributed by atoms with Gasteiger partial charge in [0.15, 0.2) is 0 Å². The molecule has 0 amide bonds. The van der Waals surface area contributed by atoms with Gasteiger partial charge in [-0.1, -0.05) is 0 Å². The van der Waals surface area contributed by atoms with Gasteiger partial charge < -0.3 is 14.2 Å². The van der Waals surface area contributed by atoms with Crippen molar-refractivity contribution >= 4 is 37.3 Å².